The zero-order valence-corrected chi connectivity index (χ0v) is 13.4. The van der Waals surface area contributed by atoms with E-state index in [1.165, 1.54) is 16.5 Å². The maximum absolute atomic E-state index is 12.4. The van der Waals surface area contributed by atoms with Gasteiger partial charge in [-0.2, -0.15) is 0 Å². The molecule has 0 aliphatic heterocycles. The predicted octanol–water partition coefficient (Wildman–Crippen LogP) is 4.77. The van der Waals surface area contributed by atoms with Crippen LogP contribution < -0.4 is 5.32 Å². The quantitative estimate of drug-likeness (QED) is 0.739. The molecule has 2 nitrogen and oxygen atoms in total. The number of carbonyl (C=O) groups is 1. The number of amides is 1. The van der Waals surface area contributed by atoms with Gasteiger partial charge in [0.05, 0.1) is 6.42 Å². The van der Waals surface area contributed by atoms with Gasteiger partial charge in [-0.3, -0.25) is 4.79 Å². The molecule has 1 aliphatic rings. The molecule has 1 aliphatic carbocycles. The van der Waals surface area contributed by atoms with Crippen molar-refractivity contribution in [2.24, 2.45) is 0 Å². The summed E-state index contributed by atoms with van der Waals surface area (Å²) in [7, 11) is 0. The fourth-order valence-electron chi connectivity index (χ4n) is 3.38. The topological polar surface area (TPSA) is 29.1 Å². The van der Waals surface area contributed by atoms with Crippen LogP contribution in [0.5, 0.6) is 0 Å². The van der Waals surface area contributed by atoms with E-state index in [0.717, 1.165) is 29.5 Å². The standard InChI is InChI=1S/C20H16ClNO/c21-16-5-1-3-13(11-16)12-19(23)22-18-10-9-15-8-7-14-4-2-6-17(18)20(14)15/h1-6,9-11H,7-8,12H2,(H,22,23). The SMILES string of the molecule is O=C(Cc1cccc(Cl)c1)Nc1ccc2c3c(cccc13)CC2. The van der Waals surface area contributed by atoms with E-state index in [2.05, 4.69) is 29.6 Å². The van der Waals surface area contributed by atoms with Gasteiger partial charge >= 0.3 is 0 Å². The van der Waals surface area contributed by atoms with Crippen molar-refractivity contribution < 1.29 is 4.79 Å². The Morgan fingerprint density at radius 2 is 1.78 bits per heavy atom. The Labute approximate surface area is 140 Å². The van der Waals surface area contributed by atoms with Gasteiger partial charge in [-0.05, 0) is 53.1 Å². The number of hydrogen-bond donors (Lipinski definition) is 1. The molecule has 0 saturated heterocycles. The summed E-state index contributed by atoms with van der Waals surface area (Å²) in [5.41, 5.74) is 4.56. The summed E-state index contributed by atoms with van der Waals surface area (Å²) < 4.78 is 0. The summed E-state index contributed by atoms with van der Waals surface area (Å²) >= 11 is 5.98. The second-order valence-electron chi connectivity index (χ2n) is 5.97. The van der Waals surface area contributed by atoms with Crippen LogP contribution in [0.15, 0.2) is 54.6 Å². The molecule has 0 aromatic heterocycles. The normalized spacial score (nSPS) is 12.6. The summed E-state index contributed by atoms with van der Waals surface area (Å²) in [6, 6.07) is 17.9. The lowest BCUT2D eigenvalue weighted by atomic mass is 10.0. The van der Waals surface area contributed by atoms with Crippen molar-refractivity contribution >= 4 is 34.0 Å². The molecule has 3 heteroatoms. The van der Waals surface area contributed by atoms with Crippen molar-refractivity contribution in [3.63, 3.8) is 0 Å². The Morgan fingerprint density at radius 1 is 1.00 bits per heavy atom. The van der Waals surface area contributed by atoms with Crippen molar-refractivity contribution in [2.45, 2.75) is 19.3 Å². The molecule has 3 aromatic rings. The molecule has 3 aromatic carbocycles. The molecule has 0 spiro atoms. The summed E-state index contributed by atoms with van der Waals surface area (Å²) in [6.07, 6.45) is 2.50. The van der Waals surface area contributed by atoms with E-state index in [1.807, 2.05) is 30.3 Å². The summed E-state index contributed by atoms with van der Waals surface area (Å²) in [4.78, 5) is 12.4. The van der Waals surface area contributed by atoms with Crippen molar-refractivity contribution in [1.29, 1.82) is 0 Å². The molecule has 0 saturated carbocycles. The molecule has 0 fully saturated rings. The summed E-state index contributed by atoms with van der Waals surface area (Å²) in [6.45, 7) is 0. The third-order valence-corrected chi connectivity index (χ3v) is 4.64. The number of benzene rings is 3. The van der Waals surface area contributed by atoms with Crippen molar-refractivity contribution in [2.75, 3.05) is 5.32 Å². The minimum absolute atomic E-state index is 0.0223. The van der Waals surface area contributed by atoms with Gasteiger partial charge in [0.15, 0.2) is 0 Å². The first kappa shape index (κ1) is 14.3. The van der Waals surface area contributed by atoms with Crippen LogP contribution in [0.2, 0.25) is 5.02 Å². The van der Waals surface area contributed by atoms with Gasteiger partial charge in [-0.1, -0.05) is 48.0 Å². The number of anilines is 1. The lowest BCUT2D eigenvalue weighted by molar-refractivity contribution is -0.115. The van der Waals surface area contributed by atoms with E-state index in [9.17, 15) is 4.79 Å². The van der Waals surface area contributed by atoms with E-state index in [1.54, 1.807) is 0 Å². The molecule has 0 atom stereocenters. The summed E-state index contributed by atoms with van der Waals surface area (Å²) in [5, 5.41) is 6.16. The highest BCUT2D eigenvalue weighted by Gasteiger charge is 2.16. The first-order chi connectivity index (χ1) is 11.2. The molecule has 1 N–H and O–H groups in total. The first-order valence-electron chi connectivity index (χ1n) is 7.78. The van der Waals surface area contributed by atoms with Crippen LogP contribution in [-0.4, -0.2) is 5.91 Å². The number of carbonyl (C=O) groups excluding carboxylic acids is 1. The lowest BCUT2D eigenvalue weighted by Crippen LogP contribution is -2.14. The van der Waals surface area contributed by atoms with E-state index in [4.69, 9.17) is 11.6 Å². The van der Waals surface area contributed by atoms with Gasteiger partial charge in [-0.25, -0.2) is 0 Å². The number of halogens is 1. The van der Waals surface area contributed by atoms with E-state index in [0.29, 0.717) is 11.4 Å². The second kappa shape index (κ2) is 5.71. The molecular weight excluding hydrogens is 306 g/mol. The Morgan fingerprint density at radius 3 is 2.61 bits per heavy atom. The smallest absolute Gasteiger partial charge is 0.228 e. The first-order valence-corrected chi connectivity index (χ1v) is 8.16. The maximum Gasteiger partial charge on any atom is 0.228 e. The van der Waals surface area contributed by atoms with Crippen LogP contribution in [0.3, 0.4) is 0 Å². The molecular formula is C20H16ClNO. The van der Waals surface area contributed by atoms with Gasteiger partial charge in [-0.15, -0.1) is 0 Å². The fraction of sp³-hybridized carbons (Fsp3) is 0.150. The fourth-order valence-corrected chi connectivity index (χ4v) is 3.60. The van der Waals surface area contributed by atoms with Gasteiger partial charge in [0.1, 0.15) is 0 Å². The van der Waals surface area contributed by atoms with Crippen molar-refractivity contribution in [3.8, 4) is 0 Å². The van der Waals surface area contributed by atoms with Crippen LogP contribution >= 0.6 is 11.6 Å². The highest BCUT2D eigenvalue weighted by atomic mass is 35.5. The molecule has 114 valence electrons. The molecule has 1 amide bonds. The number of rotatable bonds is 3. The highest BCUT2D eigenvalue weighted by molar-refractivity contribution is 6.30. The Balaban J connectivity index is 1.62. The van der Waals surface area contributed by atoms with Gasteiger partial charge in [0.2, 0.25) is 5.91 Å². The zero-order valence-electron chi connectivity index (χ0n) is 12.6. The number of hydrogen-bond acceptors (Lipinski definition) is 1. The third kappa shape index (κ3) is 2.71. The molecule has 0 heterocycles. The Bertz CT molecular complexity index is 906. The van der Waals surface area contributed by atoms with E-state index in [-0.39, 0.29) is 5.91 Å². The average Bonchev–Trinajstić information content (AvgIpc) is 2.95. The maximum atomic E-state index is 12.4. The minimum atomic E-state index is -0.0223. The summed E-state index contributed by atoms with van der Waals surface area (Å²) in [5.74, 6) is -0.0223. The molecule has 0 unspecified atom stereocenters. The van der Waals surface area contributed by atoms with Crippen LogP contribution in [-0.2, 0) is 24.1 Å². The minimum Gasteiger partial charge on any atom is -0.325 e. The van der Waals surface area contributed by atoms with Crippen LogP contribution in [0.25, 0.3) is 10.8 Å². The predicted molar refractivity (Wildman–Crippen MR) is 95.1 cm³/mol. The number of nitrogens with one attached hydrogen (secondary N) is 1. The van der Waals surface area contributed by atoms with E-state index < -0.39 is 0 Å². The Hall–Kier alpha value is -2.32. The Kier molecular flexibility index (Phi) is 3.55. The van der Waals surface area contributed by atoms with Crippen molar-refractivity contribution in [3.05, 3.63) is 76.3 Å². The van der Waals surface area contributed by atoms with E-state index >= 15 is 0 Å². The zero-order chi connectivity index (χ0) is 15.8. The average molecular weight is 322 g/mol. The number of aryl methyl sites for hydroxylation is 2. The van der Waals surface area contributed by atoms with Gasteiger partial charge in [0.25, 0.3) is 0 Å². The van der Waals surface area contributed by atoms with Crippen molar-refractivity contribution in [1.82, 2.24) is 0 Å². The molecule has 4 rings (SSSR count). The molecule has 23 heavy (non-hydrogen) atoms. The largest absolute Gasteiger partial charge is 0.325 e. The monoisotopic (exact) mass is 321 g/mol. The second-order valence-corrected chi connectivity index (χ2v) is 6.40. The highest BCUT2D eigenvalue weighted by Crippen LogP contribution is 2.35. The van der Waals surface area contributed by atoms with Crippen LogP contribution in [0, 0.1) is 0 Å². The van der Waals surface area contributed by atoms with Crippen LogP contribution in [0.1, 0.15) is 16.7 Å². The van der Waals surface area contributed by atoms with Gasteiger partial charge in [0, 0.05) is 16.1 Å². The lowest BCUT2D eigenvalue weighted by Gasteiger charge is -2.11. The molecule has 0 bridgehead atoms. The molecule has 0 radical (unpaired) electrons. The third-order valence-electron chi connectivity index (χ3n) is 4.40. The van der Waals surface area contributed by atoms with Gasteiger partial charge < -0.3 is 5.32 Å². The van der Waals surface area contributed by atoms with Crippen LogP contribution in [0.4, 0.5) is 5.69 Å².